The van der Waals surface area contributed by atoms with E-state index < -0.39 is 5.96 Å². The second-order valence-corrected chi connectivity index (χ2v) is 7.88. The second-order valence-electron chi connectivity index (χ2n) is 1.14. The van der Waals surface area contributed by atoms with Gasteiger partial charge in [0.05, 0.1) is 0 Å². The molecule has 0 saturated heterocycles. The summed E-state index contributed by atoms with van der Waals surface area (Å²) in [6.45, 7) is 0. The van der Waals surface area contributed by atoms with Crippen LogP contribution in [-0.4, -0.2) is 70.6 Å². The van der Waals surface area contributed by atoms with Crippen LogP contribution in [0.1, 0.15) is 0 Å². The minimum Gasteiger partial charge on any atom is 0 e. The van der Waals surface area contributed by atoms with Crippen molar-refractivity contribution in [3.8, 4) is 0 Å². The Kier molecular flexibility index (Phi) is 7.04. The molecule has 0 amide bonds. The fourth-order valence-corrected chi connectivity index (χ4v) is 0. The molecule has 0 bridgehead atoms. The van der Waals surface area contributed by atoms with Gasteiger partial charge in [0.15, 0.2) is 0 Å². The van der Waals surface area contributed by atoms with Crippen molar-refractivity contribution in [2.45, 2.75) is 0 Å². The molecular weight excluding hydrogens is 122 g/mol. The van der Waals surface area contributed by atoms with Gasteiger partial charge < -0.3 is 0 Å². The molecule has 0 aromatic heterocycles. The van der Waals surface area contributed by atoms with Crippen molar-refractivity contribution in [1.82, 2.24) is 0 Å². The summed E-state index contributed by atoms with van der Waals surface area (Å²) in [7, 11) is 0. The van der Waals surface area contributed by atoms with Crippen molar-refractivity contribution in [1.29, 1.82) is 0 Å². The van der Waals surface area contributed by atoms with Crippen molar-refractivity contribution in [2.75, 3.05) is 6.26 Å². The first-order chi connectivity index (χ1) is 2.00. The Bertz CT molecular complexity index is 94.7. The van der Waals surface area contributed by atoms with Gasteiger partial charge in [-0.2, -0.15) is 0 Å². The number of rotatable bonds is 0. The topological polar surface area (TPSA) is 34.1 Å². The Balaban J connectivity index is 0. The molecule has 6 heavy (non-hydrogen) atoms. The third-order valence-electron chi connectivity index (χ3n) is 0. The molecule has 0 aliphatic rings. The third-order valence-corrected chi connectivity index (χ3v) is 0. The van der Waals surface area contributed by atoms with Crippen molar-refractivity contribution >= 4 is 61.9 Å². The monoisotopic (exact) mass is 125 g/mol. The van der Waals surface area contributed by atoms with Gasteiger partial charge in [0.2, 0.25) is 0 Å². The van der Waals surface area contributed by atoms with Gasteiger partial charge >= 0.3 is 47.0 Å². The van der Waals surface area contributed by atoms with Crippen LogP contribution < -0.4 is 0 Å². The summed E-state index contributed by atoms with van der Waals surface area (Å²) in [6, 6.07) is 0. The summed E-state index contributed by atoms with van der Waals surface area (Å²) in [5, 5.41) is 0. The summed E-state index contributed by atoms with van der Waals surface area (Å²) < 4.78 is 19.4. The van der Waals surface area contributed by atoms with E-state index in [0.29, 0.717) is 0 Å². The molecule has 0 aromatic carbocycles. The summed E-state index contributed by atoms with van der Waals surface area (Å²) in [6.07, 6.45) is 1.22. The molecule has 0 N–H and O–H groups in total. The van der Waals surface area contributed by atoms with Gasteiger partial charge in [0.1, 0.15) is 0 Å². The quantitative estimate of drug-likeness (QED) is 0.378. The van der Waals surface area contributed by atoms with E-state index in [1.165, 1.54) is 6.26 Å². The third kappa shape index (κ3) is 38.3. The predicted octanol–water partition coefficient (Wildman–Crippen LogP) is -1.27. The van der Waals surface area contributed by atoms with E-state index in [9.17, 15) is 8.42 Å². The summed E-state index contributed by atoms with van der Waals surface area (Å²) in [5.41, 5.74) is 0. The van der Waals surface area contributed by atoms with Crippen LogP contribution in [0.3, 0.4) is 0 Å². The largest absolute Gasteiger partial charge is 0 e. The van der Waals surface area contributed by atoms with Crippen LogP contribution in [0, 0.1) is 0 Å². The zero-order valence-corrected chi connectivity index (χ0v) is 9.04. The maximum atomic E-state index is 9.69. The molecule has 0 spiro atoms. The van der Waals surface area contributed by atoms with Gasteiger partial charge in [0.25, 0.3) is 0 Å². The smallest absolute Gasteiger partial charge is 0 e. The van der Waals surface area contributed by atoms with Gasteiger partial charge in [-0.3, -0.25) is 0 Å². The van der Waals surface area contributed by atoms with E-state index in [4.69, 9.17) is 0 Å². The Labute approximate surface area is 75.3 Å². The van der Waals surface area contributed by atoms with Gasteiger partial charge in [-0.1, -0.05) is 0 Å². The zero-order chi connectivity index (χ0) is 4.50. The normalized spacial score (nSPS) is 9.83. The number of hydrogen-bond donors (Lipinski definition) is 0. The van der Waals surface area contributed by atoms with Crippen molar-refractivity contribution in [3.63, 3.8) is 0 Å². The van der Waals surface area contributed by atoms with Crippen LogP contribution in [0.2, 0.25) is 0 Å². The van der Waals surface area contributed by atoms with E-state index in [1.54, 1.807) is 0 Å². The van der Waals surface area contributed by atoms with Crippen LogP contribution in [0.15, 0.2) is 0 Å². The van der Waals surface area contributed by atoms with Gasteiger partial charge in [0, 0.05) is 29.6 Å². The Morgan fingerprint density at radius 2 is 1.50 bits per heavy atom. The molecule has 0 fully saturated rings. The van der Waals surface area contributed by atoms with Crippen LogP contribution >= 0.6 is 0 Å². The van der Waals surface area contributed by atoms with E-state index in [2.05, 4.69) is 0 Å². The van der Waals surface area contributed by atoms with Gasteiger partial charge in [-0.25, -0.2) is 0 Å². The summed E-state index contributed by atoms with van der Waals surface area (Å²) in [4.78, 5) is 0. The minimum absolute atomic E-state index is 0. The zero-order valence-electron chi connectivity index (χ0n) is 4.22. The minimum atomic E-state index is -2.53. The average molecular weight is 125 g/mol. The van der Waals surface area contributed by atoms with Gasteiger partial charge in [-0.05, 0) is 0 Å². The first-order valence-electron chi connectivity index (χ1n) is 1.15. The summed E-state index contributed by atoms with van der Waals surface area (Å²) >= 11 is 0.280. The molecule has 0 atom stereocenters. The molecule has 0 saturated carbocycles. The molecule has 0 heterocycles. The van der Waals surface area contributed by atoms with E-state index >= 15 is 0 Å². The Morgan fingerprint density at radius 3 is 1.50 bits per heavy atom. The first kappa shape index (κ1) is 10.8. The first-order valence-corrected chi connectivity index (χ1v) is 5.90. The standard InChI is InChI=1S/CH3O2S.2Na/c1-4(2)3;;/h1H3;;. The van der Waals surface area contributed by atoms with E-state index in [1.807, 2.05) is 0 Å². The average Bonchev–Trinajstić information content (AvgIpc) is 0.722. The molecule has 0 aromatic rings. The SMILES string of the molecule is C[S](=O)(=O)[Na].[Na]. The second kappa shape index (κ2) is 3.89. The van der Waals surface area contributed by atoms with Gasteiger partial charge in [-0.15, -0.1) is 0 Å². The van der Waals surface area contributed by atoms with E-state index in [0.717, 1.165) is 0 Å². The molecule has 0 aliphatic carbocycles. The van der Waals surface area contributed by atoms with Crippen molar-refractivity contribution < 1.29 is 8.42 Å². The molecule has 1 radical (unpaired) electrons. The Morgan fingerprint density at radius 1 is 1.50 bits per heavy atom. The molecule has 0 rings (SSSR count). The fraction of sp³-hybridized carbons (Fsp3) is 1.00. The van der Waals surface area contributed by atoms with Crippen molar-refractivity contribution in [3.05, 3.63) is 0 Å². The molecule has 2 nitrogen and oxygen atoms in total. The maximum absolute atomic E-state index is 9.69. The molecule has 27 valence electrons. The van der Waals surface area contributed by atoms with Crippen LogP contribution in [0.25, 0.3) is 0 Å². The predicted molar refractivity (Wildman–Crippen MR) is 26.4 cm³/mol. The summed E-state index contributed by atoms with van der Waals surface area (Å²) in [5.74, 6) is -2.53. The molecule has 5 heteroatoms. The van der Waals surface area contributed by atoms with Crippen molar-refractivity contribution in [2.24, 2.45) is 0 Å². The fourth-order valence-electron chi connectivity index (χ4n) is 0. The van der Waals surface area contributed by atoms with Crippen LogP contribution in [-0.2, 0) is 5.96 Å². The van der Waals surface area contributed by atoms with E-state index in [-0.39, 0.29) is 55.9 Å². The van der Waals surface area contributed by atoms with Crippen LogP contribution in [0.5, 0.6) is 0 Å². The van der Waals surface area contributed by atoms with Crippen LogP contribution in [0.4, 0.5) is 0 Å². The Hall–Kier alpha value is 1.95. The maximum Gasteiger partial charge on any atom is 0 e. The molecule has 0 aliphatic heterocycles. The molecule has 0 unspecified atom stereocenters. The number of hydrogen-bond acceptors (Lipinski definition) is 2. The molecular formula is CH3Na2O2S.